The van der Waals surface area contributed by atoms with Crippen LogP contribution in [-0.2, 0) is 16.6 Å². The van der Waals surface area contributed by atoms with E-state index in [0.717, 1.165) is 16.4 Å². The molecule has 0 aliphatic rings. The van der Waals surface area contributed by atoms with E-state index in [9.17, 15) is 17.2 Å². The van der Waals surface area contributed by atoms with Crippen molar-refractivity contribution in [3.8, 4) is 0 Å². The summed E-state index contributed by atoms with van der Waals surface area (Å²) < 4.78 is 52.1. The lowest BCUT2D eigenvalue weighted by Crippen LogP contribution is -2.27. The topological polar surface area (TPSA) is 37.4 Å². The second-order valence-electron chi connectivity index (χ2n) is 4.47. The fraction of sp³-hybridized carbons (Fsp3) is 0.143. The third-order valence-corrected chi connectivity index (χ3v) is 4.95. The summed E-state index contributed by atoms with van der Waals surface area (Å²) in [5, 5.41) is 0.478. The molecule has 2 aromatic carbocycles. The second kappa shape index (κ2) is 6.09. The summed E-state index contributed by atoms with van der Waals surface area (Å²) in [7, 11) is -2.73. The van der Waals surface area contributed by atoms with Gasteiger partial charge in [0.15, 0.2) is 0 Å². The Kier molecular flexibility index (Phi) is 4.61. The van der Waals surface area contributed by atoms with Crippen LogP contribution in [0.1, 0.15) is 5.56 Å². The number of sulfonamides is 1. The first-order chi connectivity index (χ1) is 9.80. The Balaban J connectivity index is 2.30. The van der Waals surface area contributed by atoms with Crippen molar-refractivity contribution in [1.29, 1.82) is 0 Å². The molecule has 3 nitrogen and oxygen atoms in total. The van der Waals surface area contributed by atoms with Crippen molar-refractivity contribution >= 4 is 21.6 Å². The summed E-state index contributed by atoms with van der Waals surface area (Å²) in [6, 6.07) is 9.04. The summed E-state index contributed by atoms with van der Waals surface area (Å²) in [6.07, 6.45) is 0. The summed E-state index contributed by atoms with van der Waals surface area (Å²) in [6.45, 7) is 0.0275. The molecule has 0 aliphatic heterocycles. The molecule has 0 N–H and O–H groups in total. The quantitative estimate of drug-likeness (QED) is 0.860. The Bertz CT molecular complexity index is 765. The van der Waals surface area contributed by atoms with Crippen LogP contribution in [0.2, 0.25) is 5.02 Å². The Morgan fingerprint density at radius 3 is 2.48 bits per heavy atom. The average Bonchev–Trinajstić information content (AvgIpc) is 2.38. The zero-order chi connectivity index (χ0) is 15.6. The molecular formula is C14H12ClF2NO2S. The number of halogens is 3. The van der Waals surface area contributed by atoms with Crippen LogP contribution < -0.4 is 0 Å². The Morgan fingerprint density at radius 2 is 1.86 bits per heavy atom. The van der Waals surface area contributed by atoms with Crippen LogP contribution in [0.3, 0.4) is 0 Å². The predicted molar refractivity (Wildman–Crippen MR) is 76.5 cm³/mol. The fourth-order valence-electron chi connectivity index (χ4n) is 1.83. The average molecular weight is 332 g/mol. The van der Waals surface area contributed by atoms with Crippen molar-refractivity contribution in [3.05, 3.63) is 64.7 Å². The molecule has 0 aromatic heterocycles. The number of hydrogen-bond donors (Lipinski definition) is 0. The predicted octanol–water partition coefficient (Wildman–Crippen LogP) is 3.44. The molecule has 112 valence electrons. The van der Waals surface area contributed by atoms with Crippen LogP contribution in [0.15, 0.2) is 47.4 Å². The van der Waals surface area contributed by atoms with E-state index in [4.69, 9.17) is 11.6 Å². The lowest BCUT2D eigenvalue weighted by Gasteiger charge is -2.17. The molecular weight excluding hydrogens is 320 g/mol. The molecule has 21 heavy (non-hydrogen) atoms. The normalized spacial score (nSPS) is 11.9. The van der Waals surface area contributed by atoms with E-state index in [1.54, 1.807) is 24.3 Å². The molecule has 0 radical (unpaired) electrons. The zero-order valence-electron chi connectivity index (χ0n) is 11.1. The third kappa shape index (κ3) is 3.58. The van der Waals surface area contributed by atoms with Gasteiger partial charge in [0.05, 0.1) is 0 Å². The standard InChI is InChI=1S/C14H12ClF2NO2S/c1-18(9-10-3-2-4-11(15)7-10)21(19,20)14-6-5-12(16)8-13(14)17/h2-8H,9H2,1H3. The van der Waals surface area contributed by atoms with Gasteiger partial charge in [-0.15, -0.1) is 0 Å². The van der Waals surface area contributed by atoms with Gasteiger partial charge in [-0.25, -0.2) is 17.2 Å². The van der Waals surface area contributed by atoms with Crippen LogP contribution in [0.4, 0.5) is 8.78 Å². The lowest BCUT2D eigenvalue weighted by atomic mass is 10.2. The van der Waals surface area contributed by atoms with E-state index in [0.29, 0.717) is 16.7 Å². The van der Waals surface area contributed by atoms with Crippen LogP contribution in [0, 0.1) is 11.6 Å². The number of benzene rings is 2. The number of rotatable bonds is 4. The minimum Gasteiger partial charge on any atom is -0.207 e. The SMILES string of the molecule is CN(Cc1cccc(Cl)c1)S(=O)(=O)c1ccc(F)cc1F. The number of hydrogen-bond acceptors (Lipinski definition) is 2. The van der Waals surface area contributed by atoms with Crippen molar-refractivity contribution in [2.45, 2.75) is 11.4 Å². The molecule has 0 aliphatic carbocycles. The largest absolute Gasteiger partial charge is 0.246 e. The molecule has 0 amide bonds. The van der Waals surface area contributed by atoms with Gasteiger partial charge in [-0.3, -0.25) is 0 Å². The summed E-state index contributed by atoms with van der Waals surface area (Å²) in [5.41, 5.74) is 0.663. The van der Waals surface area contributed by atoms with Crippen molar-refractivity contribution in [3.63, 3.8) is 0 Å². The lowest BCUT2D eigenvalue weighted by molar-refractivity contribution is 0.458. The molecule has 0 spiro atoms. The maximum absolute atomic E-state index is 13.6. The van der Waals surface area contributed by atoms with Gasteiger partial charge >= 0.3 is 0 Å². The fourth-order valence-corrected chi connectivity index (χ4v) is 3.24. The number of nitrogens with zero attached hydrogens (tertiary/aromatic N) is 1. The van der Waals surface area contributed by atoms with Crippen molar-refractivity contribution in [2.24, 2.45) is 0 Å². The molecule has 7 heteroatoms. The molecule has 0 saturated heterocycles. The van der Waals surface area contributed by atoms with Crippen LogP contribution in [-0.4, -0.2) is 19.8 Å². The van der Waals surface area contributed by atoms with Gasteiger partial charge in [0, 0.05) is 24.7 Å². The van der Waals surface area contributed by atoms with Gasteiger partial charge in [-0.2, -0.15) is 4.31 Å². The van der Waals surface area contributed by atoms with Crippen LogP contribution in [0.5, 0.6) is 0 Å². The molecule has 2 rings (SSSR count). The van der Waals surface area contributed by atoms with E-state index in [1.165, 1.54) is 7.05 Å². The summed E-state index contributed by atoms with van der Waals surface area (Å²) >= 11 is 5.83. The van der Waals surface area contributed by atoms with Gasteiger partial charge in [0.1, 0.15) is 16.5 Å². The highest BCUT2D eigenvalue weighted by atomic mass is 35.5. The van der Waals surface area contributed by atoms with Crippen molar-refractivity contribution < 1.29 is 17.2 Å². The first-order valence-electron chi connectivity index (χ1n) is 5.96. The van der Waals surface area contributed by atoms with Gasteiger partial charge in [0.25, 0.3) is 0 Å². The van der Waals surface area contributed by atoms with Gasteiger partial charge < -0.3 is 0 Å². The summed E-state index contributed by atoms with van der Waals surface area (Å²) in [5.74, 6) is -1.95. The van der Waals surface area contributed by atoms with Gasteiger partial charge in [-0.1, -0.05) is 23.7 Å². The van der Waals surface area contributed by atoms with Crippen molar-refractivity contribution in [2.75, 3.05) is 7.05 Å². The highest BCUT2D eigenvalue weighted by molar-refractivity contribution is 7.89. The van der Waals surface area contributed by atoms with Crippen molar-refractivity contribution in [1.82, 2.24) is 4.31 Å². The monoisotopic (exact) mass is 331 g/mol. The van der Waals surface area contributed by atoms with E-state index in [-0.39, 0.29) is 6.54 Å². The maximum atomic E-state index is 13.6. The van der Waals surface area contributed by atoms with E-state index in [2.05, 4.69) is 0 Å². The van der Waals surface area contributed by atoms with Gasteiger partial charge in [0.2, 0.25) is 10.0 Å². The molecule has 2 aromatic rings. The Labute approximate surface area is 126 Å². The van der Waals surface area contributed by atoms with Crippen LogP contribution >= 0.6 is 11.6 Å². The zero-order valence-corrected chi connectivity index (χ0v) is 12.6. The molecule has 0 fully saturated rings. The molecule has 0 bridgehead atoms. The van der Waals surface area contributed by atoms with E-state index < -0.39 is 26.6 Å². The van der Waals surface area contributed by atoms with Gasteiger partial charge in [-0.05, 0) is 29.8 Å². The highest BCUT2D eigenvalue weighted by Gasteiger charge is 2.24. The van der Waals surface area contributed by atoms with E-state index >= 15 is 0 Å². The molecule has 0 heterocycles. The summed E-state index contributed by atoms with van der Waals surface area (Å²) in [4.78, 5) is -0.562. The molecule has 0 saturated carbocycles. The first kappa shape index (κ1) is 15.9. The minimum absolute atomic E-state index is 0.0275. The second-order valence-corrected chi connectivity index (χ2v) is 6.92. The maximum Gasteiger partial charge on any atom is 0.246 e. The smallest absolute Gasteiger partial charge is 0.207 e. The van der Waals surface area contributed by atoms with Crippen LogP contribution in [0.25, 0.3) is 0 Å². The minimum atomic E-state index is -4.05. The molecule has 0 atom stereocenters. The van der Waals surface area contributed by atoms with E-state index in [1.807, 2.05) is 0 Å². The molecule has 0 unspecified atom stereocenters. The Hall–Kier alpha value is -1.50. The third-order valence-electron chi connectivity index (χ3n) is 2.88. The Morgan fingerprint density at radius 1 is 1.14 bits per heavy atom. The first-order valence-corrected chi connectivity index (χ1v) is 7.78. The highest BCUT2D eigenvalue weighted by Crippen LogP contribution is 2.21.